The zero-order valence-electron chi connectivity index (χ0n) is 35.3. The van der Waals surface area contributed by atoms with Crippen molar-refractivity contribution in [1.82, 2.24) is 4.57 Å². The molecule has 10 aromatic carbocycles. The van der Waals surface area contributed by atoms with Gasteiger partial charge in [-0.05, 0) is 122 Å². The number of benzene rings is 10. The molecule has 11 aromatic rings. The highest BCUT2D eigenvalue weighted by Crippen LogP contribution is 2.54. The summed E-state index contributed by atoms with van der Waals surface area (Å²) < 4.78 is 2.40. The molecule has 298 valence electrons. The van der Waals surface area contributed by atoms with Crippen molar-refractivity contribution in [2.24, 2.45) is 0 Å². The summed E-state index contributed by atoms with van der Waals surface area (Å²) in [5.74, 6) is 0. The van der Waals surface area contributed by atoms with Crippen LogP contribution in [-0.2, 0) is 5.41 Å². The minimum atomic E-state index is -0.100. The molecule has 0 spiro atoms. The fourth-order valence-electron chi connectivity index (χ4n) is 10.3. The van der Waals surface area contributed by atoms with E-state index < -0.39 is 0 Å². The van der Waals surface area contributed by atoms with Gasteiger partial charge in [-0.2, -0.15) is 0 Å². The number of hydrogen-bond donors (Lipinski definition) is 0. The van der Waals surface area contributed by atoms with Gasteiger partial charge < -0.3 is 9.47 Å². The Labute approximate surface area is 368 Å². The van der Waals surface area contributed by atoms with Crippen LogP contribution in [0.5, 0.6) is 0 Å². The van der Waals surface area contributed by atoms with E-state index in [4.69, 9.17) is 0 Å². The van der Waals surface area contributed by atoms with Gasteiger partial charge in [0.25, 0.3) is 0 Å². The zero-order valence-corrected chi connectivity index (χ0v) is 35.3. The molecule has 0 saturated heterocycles. The van der Waals surface area contributed by atoms with E-state index in [-0.39, 0.29) is 5.41 Å². The molecule has 63 heavy (non-hydrogen) atoms. The maximum Gasteiger partial charge on any atom is 0.0547 e. The number of para-hydroxylation sites is 3. The summed E-state index contributed by atoms with van der Waals surface area (Å²) in [6.45, 7) is 4.72. The minimum Gasteiger partial charge on any atom is -0.310 e. The molecule has 1 heterocycles. The fourth-order valence-corrected chi connectivity index (χ4v) is 10.3. The van der Waals surface area contributed by atoms with Crippen molar-refractivity contribution in [3.05, 3.63) is 242 Å². The molecule has 1 aliphatic carbocycles. The molecule has 2 heteroatoms. The Morgan fingerprint density at radius 2 is 0.984 bits per heavy atom. The standard InChI is InChI=1S/C61H44N2/c1-61(2)55-26-11-8-24-54(55)60-53(25-15-27-56(60)61)51-23-10-12-28-57(51)62(48-35-32-42(33-36-48)45-31-30-41-16-6-7-17-43(41)38-45)49-21-14-18-44(39-49)46-34-37-52-50-22-9-13-29-58(50)63(59(52)40-46)47-19-4-3-5-20-47/h3-40H,1-2H3. The minimum absolute atomic E-state index is 0.100. The van der Waals surface area contributed by atoms with Gasteiger partial charge >= 0.3 is 0 Å². The summed E-state index contributed by atoms with van der Waals surface area (Å²) in [4.78, 5) is 2.45. The molecule has 0 fully saturated rings. The molecular weight excluding hydrogens is 761 g/mol. The smallest absolute Gasteiger partial charge is 0.0547 e. The highest BCUT2D eigenvalue weighted by molar-refractivity contribution is 6.10. The fraction of sp³-hybridized carbons (Fsp3) is 0.0492. The molecule has 0 saturated carbocycles. The SMILES string of the molecule is CC1(C)c2ccccc2-c2c(-c3ccccc3N(c3ccc(-c4ccc5ccccc5c4)cc3)c3cccc(-c4ccc5c6ccccc6n(-c6ccccc6)c5c4)c3)cccc21. The topological polar surface area (TPSA) is 8.17 Å². The zero-order chi connectivity index (χ0) is 42.1. The molecule has 0 aliphatic heterocycles. The Morgan fingerprint density at radius 1 is 0.365 bits per heavy atom. The van der Waals surface area contributed by atoms with Crippen LogP contribution in [-0.4, -0.2) is 4.57 Å². The molecule has 0 radical (unpaired) electrons. The molecule has 1 aliphatic rings. The van der Waals surface area contributed by atoms with Gasteiger partial charge in [0.05, 0.1) is 16.7 Å². The van der Waals surface area contributed by atoms with Crippen molar-refractivity contribution >= 4 is 49.6 Å². The molecule has 2 nitrogen and oxygen atoms in total. The number of fused-ring (bicyclic) bond motifs is 7. The van der Waals surface area contributed by atoms with E-state index in [1.165, 1.54) is 82.6 Å². The lowest BCUT2D eigenvalue weighted by atomic mass is 9.82. The van der Waals surface area contributed by atoms with Crippen LogP contribution in [0.25, 0.3) is 82.8 Å². The Bertz CT molecular complexity index is 3540. The van der Waals surface area contributed by atoms with Crippen LogP contribution in [0.15, 0.2) is 231 Å². The molecule has 1 aromatic heterocycles. The van der Waals surface area contributed by atoms with Crippen LogP contribution in [0, 0.1) is 0 Å². The van der Waals surface area contributed by atoms with Crippen LogP contribution < -0.4 is 4.90 Å². The first-order chi connectivity index (χ1) is 31.0. The van der Waals surface area contributed by atoms with Gasteiger partial charge in [0, 0.05) is 38.8 Å². The second-order valence-corrected chi connectivity index (χ2v) is 17.3. The van der Waals surface area contributed by atoms with E-state index >= 15 is 0 Å². The number of nitrogens with zero attached hydrogens (tertiary/aromatic N) is 2. The third kappa shape index (κ3) is 6.02. The first-order valence-electron chi connectivity index (χ1n) is 21.9. The van der Waals surface area contributed by atoms with E-state index in [1.807, 2.05) is 0 Å². The second-order valence-electron chi connectivity index (χ2n) is 17.3. The van der Waals surface area contributed by atoms with Crippen molar-refractivity contribution in [3.63, 3.8) is 0 Å². The predicted octanol–water partition coefficient (Wildman–Crippen LogP) is 16.7. The van der Waals surface area contributed by atoms with Gasteiger partial charge in [-0.15, -0.1) is 0 Å². The summed E-state index contributed by atoms with van der Waals surface area (Å²) >= 11 is 0. The van der Waals surface area contributed by atoms with Crippen molar-refractivity contribution in [3.8, 4) is 50.2 Å². The highest BCUT2D eigenvalue weighted by Gasteiger charge is 2.37. The summed E-state index contributed by atoms with van der Waals surface area (Å²) in [5, 5.41) is 5.00. The first kappa shape index (κ1) is 36.9. The van der Waals surface area contributed by atoms with Gasteiger partial charge in [0.2, 0.25) is 0 Å². The van der Waals surface area contributed by atoms with Gasteiger partial charge in [0.15, 0.2) is 0 Å². The van der Waals surface area contributed by atoms with Crippen LogP contribution >= 0.6 is 0 Å². The van der Waals surface area contributed by atoms with Gasteiger partial charge in [-0.25, -0.2) is 0 Å². The van der Waals surface area contributed by atoms with Crippen LogP contribution in [0.3, 0.4) is 0 Å². The summed E-state index contributed by atoms with van der Waals surface area (Å²) in [7, 11) is 0. The monoisotopic (exact) mass is 804 g/mol. The third-order valence-electron chi connectivity index (χ3n) is 13.4. The molecule has 12 rings (SSSR count). The molecule has 0 N–H and O–H groups in total. The predicted molar refractivity (Wildman–Crippen MR) is 267 cm³/mol. The molecule has 0 amide bonds. The van der Waals surface area contributed by atoms with Crippen molar-refractivity contribution in [1.29, 1.82) is 0 Å². The van der Waals surface area contributed by atoms with E-state index in [9.17, 15) is 0 Å². The number of anilines is 3. The van der Waals surface area contributed by atoms with Gasteiger partial charge in [0.1, 0.15) is 0 Å². The Kier molecular flexibility index (Phi) is 8.55. The molecular formula is C61H44N2. The van der Waals surface area contributed by atoms with E-state index in [1.54, 1.807) is 0 Å². The number of hydrogen-bond acceptors (Lipinski definition) is 1. The van der Waals surface area contributed by atoms with Crippen molar-refractivity contribution < 1.29 is 0 Å². The summed E-state index contributed by atoms with van der Waals surface area (Å²) in [6, 6.07) is 84.7. The normalized spacial score (nSPS) is 12.7. The molecule has 0 atom stereocenters. The van der Waals surface area contributed by atoms with E-state index in [2.05, 4.69) is 254 Å². The number of aromatic nitrogens is 1. The largest absolute Gasteiger partial charge is 0.310 e. The lowest BCUT2D eigenvalue weighted by Gasteiger charge is -2.29. The lowest BCUT2D eigenvalue weighted by molar-refractivity contribution is 0.660. The maximum atomic E-state index is 2.45. The van der Waals surface area contributed by atoms with Crippen LogP contribution in [0.4, 0.5) is 17.1 Å². The van der Waals surface area contributed by atoms with Gasteiger partial charge in [-0.3, -0.25) is 0 Å². The summed E-state index contributed by atoms with van der Waals surface area (Å²) in [6.07, 6.45) is 0. The quantitative estimate of drug-likeness (QED) is 0.156. The van der Waals surface area contributed by atoms with Gasteiger partial charge in [-0.1, -0.05) is 184 Å². The molecule has 0 bridgehead atoms. The number of rotatable bonds is 7. The van der Waals surface area contributed by atoms with E-state index in [0.29, 0.717) is 0 Å². The van der Waals surface area contributed by atoms with Crippen molar-refractivity contribution in [2.75, 3.05) is 4.90 Å². The lowest BCUT2D eigenvalue weighted by Crippen LogP contribution is -2.14. The average Bonchev–Trinajstić information content (AvgIpc) is 3.80. The Hall–Kier alpha value is -7.94. The first-order valence-corrected chi connectivity index (χ1v) is 21.9. The molecule has 0 unspecified atom stereocenters. The summed E-state index contributed by atoms with van der Waals surface area (Å²) in [5.41, 5.74) is 19.3. The maximum absolute atomic E-state index is 2.45. The average molecular weight is 805 g/mol. The Balaban J connectivity index is 1.04. The van der Waals surface area contributed by atoms with Crippen LogP contribution in [0.2, 0.25) is 0 Å². The van der Waals surface area contributed by atoms with E-state index in [0.717, 1.165) is 28.3 Å². The second kappa shape index (κ2) is 14.6. The van der Waals surface area contributed by atoms with Crippen LogP contribution in [0.1, 0.15) is 25.0 Å². The highest BCUT2D eigenvalue weighted by atomic mass is 15.1. The van der Waals surface area contributed by atoms with Crippen molar-refractivity contribution in [2.45, 2.75) is 19.3 Å². The third-order valence-corrected chi connectivity index (χ3v) is 13.4. The Morgan fingerprint density at radius 3 is 1.86 bits per heavy atom.